The zero-order valence-corrected chi connectivity index (χ0v) is 23.6. The van der Waals surface area contributed by atoms with Crippen LogP contribution in [0.15, 0.2) is 46.1 Å². The number of carbonyl (C=O) groups is 1. The Labute approximate surface area is 232 Å². The molecule has 0 aliphatic carbocycles. The molecular weight excluding hydrogens is 547 g/mol. The van der Waals surface area contributed by atoms with Crippen molar-refractivity contribution in [2.75, 3.05) is 32.5 Å². The number of piperidine rings is 1. The fraction of sp³-hybridized carbons (Fsp3) is 0.440. The average Bonchev–Trinajstić information content (AvgIpc) is 3.34. The number of pyridine rings is 1. The number of benzene rings is 1. The van der Waals surface area contributed by atoms with Crippen LogP contribution in [0.5, 0.6) is 5.75 Å². The zero-order valence-electron chi connectivity index (χ0n) is 19.6. The number of thioether (sulfide) groups is 1. The van der Waals surface area contributed by atoms with Crippen LogP contribution in [0.2, 0.25) is 5.02 Å². The highest BCUT2D eigenvalue weighted by atomic mass is 35.5. The smallest absolute Gasteiger partial charge is 0.309 e. The summed E-state index contributed by atoms with van der Waals surface area (Å²) >= 11 is 10.1. The van der Waals surface area contributed by atoms with E-state index in [0.29, 0.717) is 24.3 Å². The Bertz CT molecular complexity index is 1090. The van der Waals surface area contributed by atoms with Crippen LogP contribution in [0.1, 0.15) is 31.2 Å². The molecule has 4 rings (SSSR count). The first-order chi connectivity index (χ1) is 16.0. The van der Waals surface area contributed by atoms with Crippen LogP contribution in [-0.4, -0.2) is 53.5 Å². The Morgan fingerprint density at radius 1 is 1.29 bits per heavy atom. The topological polar surface area (TPSA) is 62.7 Å². The summed E-state index contributed by atoms with van der Waals surface area (Å²) in [6.45, 7) is 2.68. The van der Waals surface area contributed by atoms with E-state index in [1.54, 1.807) is 24.6 Å². The van der Waals surface area contributed by atoms with Crippen LogP contribution in [0, 0.1) is 5.41 Å². The monoisotopic (exact) mass is 576 g/mol. The molecule has 5 nitrogen and oxygen atoms in total. The minimum Gasteiger partial charge on any atom is -0.497 e. The van der Waals surface area contributed by atoms with E-state index in [2.05, 4.69) is 27.4 Å². The molecule has 1 N–H and O–H groups in total. The summed E-state index contributed by atoms with van der Waals surface area (Å²) in [6, 6.07) is 10.0. The molecule has 192 valence electrons. The predicted octanol–water partition coefficient (Wildman–Crippen LogP) is 7.08. The molecule has 3 heterocycles. The molecule has 2 aromatic heterocycles. The number of carboxylic acid groups (broad SMARTS) is 1. The molecule has 3 aromatic rings. The number of hydrogen-bond acceptors (Lipinski definition) is 6. The highest BCUT2D eigenvalue weighted by molar-refractivity contribution is 8.01. The first kappa shape index (κ1) is 30.0. The zero-order chi connectivity index (χ0) is 23.3. The number of rotatable bonds is 10. The summed E-state index contributed by atoms with van der Waals surface area (Å²) in [7, 11) is 1.64. The number of aliphatic carboxylic acids is 1. The van der Waals surface area contributed by atoms with Crippen molar-refractivity contribution < 1.29 is 14.6 Å². The van der Waals surface area contributed by atoms with E-state index in [-0.39, 0.29) is 24.8 Å². The van der Waals surface area contributed by atoms with E-state index >= 15 is 0 Å². The van der Waals surface area contributed by atoms with Crippen molar-refractivity contribution in [3.8, 4) is 5.75 Å². The van der Waals surface area contributed by atoms with Gasteiger partial charge in [0.15, 0.2) is 0 Å². The Kier molecular flexibility index (Phi) is 11.9. The lowest BCUT2D eigenvalue weighted by Gasteiger charge is -2.39. The van der Waals surface area contributed by atoms with Crippen LogP contribution in [-0.2, 0) is 11.2 Å². The molecule has 0 bridgehead atoms. The third-order valence-corrected chi connectivity index (χ3v) is 9.07. The van der Waals surface area contributed by atoms with Crippen molar-refractivity contribution in [1.29, 1.82) is 0 Å². The quantitative estimate of drug-likeness (QED) is 0.260. The molecule has 0 unspecified atom stereocenters. The molecule has 0 atom stereocenters. The molecule has 0 amide bonds. The number of aromatic nitrogens is 1. The summed E-state index contributed by atoms with van der Waals surface area (Å²) in [5, 5.41) is 13.8. The van der Waals surface area contributed by atoms with Crippen molar-refractivity contribution >= 4 is 76.4 Å². The van der Waals surface area contributed by atoms with Crippen LogP contribution in [0.4, 0.5) is 0 Å². The maximum atomic E-state index is 12.3. The van der Waals surface area contributed by atoms with Crippen molar-refractivity contribution in [2.45, 2.75) is 36.3 Å². The van der Waals surface area contributed by atoms with Gasteiger partial charge in [-0.25, -0.2) is 0 Å². The summed E-state index contributed by atoms with van der Waals surface area (Å²) in [5.74, 6) is 1.14. The number of fused-ring (bicyclic) bond motifs is 1. The van der Waals surface area contributed by atoms with Gasteiger partial charge in [0.1, 0.15) is 5.75 Å². The molecule has 0 saturated carbocycles. The average molecular weight is 578 g/mol. The second-order valence-corrected chi connectivity index (χ2v) is 11.3. The van der Waals surface area contributed by atoms with Crippen LogP contribution >= 0.6 is 59.5 Å². The SMILES string of the molecule is COc1ccc2ncc(Cl)c(CCCC3(C(=O)O)CCN(CCSc4cccs4)CC3)c2c1.Cl.Cl. The summed E-state index contributed by atoms with van der Waals surface area (Å²) in [4.78, 5) is 19.1. The maximum Gasteiger partial charge on any atom is 0.309 e. The van der Waals surface area contributed by atoms with Gasteiger partial charge in [0, 0.05) is 23.9 Å². The molecule has 0 radical (unpaired) electrons. The minimum atomic E-state index is -0.664. The molecule has 0 spiro atoms. The minimum absolute atomic E-state index is 0. The Morgan fingerprint density at radius 2 is 2.06 bits per heavy atom. The molecule has 1 aliphatic heterocycles. The van der Waals surface area contributed by atoms with Gasteiger partial charge in [-0.2, -0.15) is 0 Å². The predicted molar refractivity (Wildman–Crippen MR) is 152 cm³/mol. The van der Waals surface area contributed by atoms with Gasteiger partial charge in [-0.15, -0.1) is 47.9 Å². The van der Waals surface area contributed by atoms with Crippen LogP contribution in [0.25, 0.3) is 10.9 Å². The lowest BCUT2D eigenvalue weighted by Crippen LogP contribution is -2.45. The number of hydrogen-bond donors (Lipinski definition) is 1. The van der Waals surface area contributed by atoms with Gasteiger partial charge in [-0.3, -0.25) is 9.78 Å². The van der Waals surface area contributed by atoms with E-state index in [0.717, 1.165) is 60.4 Å². The molecule has 10 heteroatoms. The third-order valence-electron chi connectivity index (χ3n) is 6.63. The lowest BCUT2D eigenvalue weighted by molar-refractivity contribution is -0.152. The van der Waals surface area contributed by atoms with Gasteiger partial charge < -0.3 is 14.7 Å². The van der Waals surface area contributed by atoms with Crippen molar-refractivity contribution in [3.63, 3.8) is 0 Å². The molecule has 1 aliphatic rings. The van der Waals surface area contributed by atoms with Gasteiger partial charge >= 0.3 is 5.97 Å². The Morgan fingerprint density at radius 3 is 2.71 bits per heavy atom. The number of methoxy groups -OCH3 is 1. The second kappa shape index (κ2) is 13.9. The largest absolute Gasteiger partial charge is 0.497 e. The summed E-state index contributed by atoms with van der Waals surface area (Å²) in [5.41, 5.74) is 1.24. The molecule has 1 fully saturated rings. The highest BCUT2D eigenvalue weighted by Crippen LogP contribution is 2.38. The number of nitrogens with zero attached hydrogens (tertiary/aromatic N) is 2. The van der Waals surface area contributed by atoms with E-state index in [4.69, 9.17) is 16.3 Å². The molecular formula is C25H31Cl3N2O3S2. The van der Waals surface area contributed by atoms with Gasteiger partial charge in [-0.1, -0.05) is 17.7 Å². The fourth-order valence-electron chi connectivity index (χ4n) is 4.58. The number of carboxylic acids is 1. The normalized spacial score (nSPS) is 15.3. The number of likely N-dealkylation sites (tertiary alicyclic amines) is 1. The van der Waals surface area contributed by atoms with E-state index in [1.807, 2.05) is 30.0 Å². The van der Waals surface area contributed by atoms with Crippen molar-refractivity contribution in [1.82, 2.24) is 9.88 Å². The number of thiophene rings is 1. The highest BCUT2D eigenvalue weighted by Gasteiger charge is 2.40. The van der Waals surface area contributed by atoms with Gasteiger partial charge in [0.05, 0.1) is 27.3 Å². The maximum absolute atomic E-state index is 12.3. The first-order valence-electron chi connectivity index (χ1n) is 11.2. The first-order valence-corrected chi connectivity index (χ1v) is 13.5. The summed E-state index contributed by atoms with van der Waals surface area (Å²) < 4.78 is 6.71. The number of halogens is 3. The summed E-state index contributed by atoms with van der Waals surface area (Å²) in [6.07, 6.45) is 5.24. The van der Waals surface area contributed by atoms with Gasteiger partial charge in [0.2, 0.25) is 0 Å². The third kappa shape index (κ3) is 7.40. The second-order valence-electron chi connectivity index (χ2n) is 8.53. The van der Waals surface area contributed by atoms with Gasteiger partial charge in [-0.05, 0) is 80.4 Å². The van der Waals surface area contributed by atoms with Crippen molar-refractivity contribution in [3.05, 3.63) is 52.5 Å². The van der Waals surface area contributed by atoms with E-state index in [9.17, 15) is 9.90 Å². The van der Waals surface area contributed by atoms with E-state index < -0.39 is 11.4 Å². The van der Waals surface area contributed by atoms with Gasteiger partial charge in [0.25, 0.3) is 0 Å². The molecule has 35 heavy (non-hydrogen) atoms. The fourth-order valence-corrected chi connectivity index (χ4v) is 6.69. The Hall–Kier alpha value is -1.22. The van der Waals surface area contributed by atoms with Crippen molar-refractivity contribution in [2.24, 2.45) is 5.41 Å². The standard InChI is InChI=1S/C25H29ClN2O3S2.2ClH/c1-31-18-6-7-22-20(16-18)19(21(26)17-27-22)4-2-8-25(24(29)30)9-11-28(12-10-25)13-15-33-23-5-3-14-32-23;;/h3,5-7,14,16-17H,2,4,8-13,15H2,1H3,(H,29,30);2*1H. The molecule has 1 aromatic carbocycles. The Balaban J connectivity index is 0.00000216. The lowest BCUT2D eigenvalue weighted by atomic mass is 9.74. The number of ether oxygens (including phenoxy) is 1. The van der Waals surface area contributed by atoms with Crippen LogP contribution < -0.4 is 4.74 Å². The number of aryl methyl sites for hydroxylation is 1. The van der Waals surface area contributed by atoms with Crippen LogP contribution in [0.3, 0.4) is 0 Å². The van der Waals surface area contributed by atoms with E-state index in [1.165, 1.54) is 4.21 Å². The molecule has 1 saturated heterocycles.